The first-order chi connectivity index (χ1) is 2.94. The van der Waals surface area contributed by atoms with Gasteiger partial charge in [-0.15, -0.1) is 0 Å². The van der Waals surface area contributed by atoms with Crippen molar-refractivity contribution in [2.24, 2.45) is 0 Å². The van der Waals surface area contributed by atoms with E-state index in [1.54, 1.807) is 13.1 Å². The molecule has 0 bridgehead atoms. The van der Waals surface area contributed by atoms with E-state index in [9.17, 15) is 8.78 Å². The minimum absolute atomic E-state index is 0.990. The van der Waals surface area contributed by atoms with Crippen LogP contribution >= 0.6 is 0 Å². The highest BCUT2D eigenvalue weighted by Crippen LogP contribution is 2.14. The van der Waals surface area contributed by atoms with Gasteiger partial charge in [-0.2, -0.15) is 0 Å². The van der Waals surface area contributed by atoms with Gasteiger partial charge >= 0.3 is 0 Å². The monoisotopic (exact) mass is 124 g/mol. The fourth-order valence-electron chi connectivity index (χ4n) is 0. The molecule has 0 radical (unpaired) electrons. The lowest BCUT2D eigenvalue weighted by molar-refractivity contribution is 0.109. The molecule has 0 aromatic heterocycles. The highest BCUT2D eigenvalue weighted by molar-refractivity contribution is 6.58. The maximum atomic E-state index is 11.9. The molecular formula is C4H10F2Si. The second kappa shape index (κ2) is 1.90. The number of halogens is 2. The Bertz CT molecular complexity index is 55.2. The summed E-state index contributed by atoms with van der Waals surface area (Å²) in [4.78, 5) is 0. The summed E-state index contributed by atoms with van der Waals surface area (Å²) in [6.45, 7) is 4.27. The van der Waals surface area contributed by atoms with E-state index in [0.717, 1.165) is 6.92 Å². The van der Waals surface area contributed by atoms with Crippen LogP contribution in [0.2, 0.25) is 13.1 Å². The van der Waals surface area contributed by atoms with E-state index in [1.165, 1.54) is 0 Å². The second-order valence-electron chi connectivity index (χ2n) is 2.11. The molecule has 0 heterocycles. The number of alkyl halides is 2. The summed E-state index contributed by atoms with van der Waals surface area (Å²) in [6.07, 6.45) is 0. The zero-order chi connectivity index (χ0) is 6.08. The molecule has 0 aliphatic rings. The lowest BCUT2D eigenvalue weighted by Crippen LogP contribution is -2.27. The van der Waals surface area contributed by atoms with Gasteiger partial charge in [0.1, 0.15) is 8.80 Å². The van der Waals surface area contributed by atoms with Gasteiger partial charge in [0.2, 0.25) is 5.55 Å². The summed E-state index contributed by atoms with van der Waals surface area (Å²) in [5.74, 6) is 0. The van der Waals surface area contributed by atoms with Crippen molar-refractivity contribution in [3.63, 3.8) is 0 Å². The molecule has 0 saturated carbocycles. The van der Waals surface area contributed by atoms with Gasteiger partial charge in [0.15, 0.2) is 0 Å². The van der Waals surface area contributed by atoms with Crippen molar-refractivity contribution in [2.45, 2.75) is 25.6 Å². The first kappa shape index (κ1) is 7.08. The van der Waals surface area contributed by atoms with Gasteiger partial charge in [0.05, 0.1) is 0 Å². The van der Waals surface area contributed by atoms with Gasteiger partial charge in [-0.1, -0.05) is 13.1 Å². The molecule has 0 aliphatic carbocycles. The van der Waals surface area contributed by atoms with E-state index in [2.05, 4.69) is 0 Å². The van der Waals surface area contributed by atoms with Crippen molar-refractivity contribution in [1.82, 2.24) is 0 Å². The van der Waals surface area contributed by atoms with Gasteiger partial charge in [0, 0.05) is 0 Å². The Kier molecular flexibility index (Phi) is 1.92. The van der Waals surface area contributed by atoms with Crippen LogP contribution in [0.3, 0.4) is 0 Å². The maximum Gasteiger partial charge on any atom is 0.223 e. The van der Waals surface area contributed by atoms with E-state index in [4.69, 9.17) is 0 Å². The zero-order valence-electron chi connectivity index (χ0n) is 4.83. The van der Waals surface area contributed by atoms with Crippen LogP contribution < -0.4 is 0 Å². The first-order valence-corrected chi connectivity index (χ1v) is 5.21. The molecule has 0 nitrogen and oxygen atoms in total. The van der Waals surface area contributed by atoms with Crippen molar-refractivity contribution < 1.29 is 8.78 Å². The Hall–Kier alpha value is 0.0769. The highest BCUT2D eigenvalue weighted by atomic mass is 28.3. The normalized spacial score (nSPS) is 12.9. The van der Waals surface area contributed by atoms with Crippen molar-refractivity contribution in [1.29, 1.82) is 0 Å². The van der Waals surface area contributed by atoms with Crippen LogP contribution in [0.15, 0.2) is 0 Å². The largest absolute Gasteiger partial charge is 0.223 e. The van der Waals surface area contributed by atoms with Crippen LogP contribution in [0, 0.1) is 0 Å². The highest BCUT2D eigenvalue weighted by Gasteiger charge is 2.26. The molecule has 0 spiro atoms. The minimum Gasteiger partial charge on any atom is -0.213 e. The molecule has 0 atom stereocenters. The molecule has 0 rings (SSSR count). The van der Waals surface area contributed by atoms with Crippen LogP contribution in [0.5, 0.6) is 0 Å². The van der Waals surface area contributed by atoms with Gasteiger partial charge in [-0.25, -0.2) is 8.78 Å². The molecular weight excluding hydrogens is 114 g/mol. The fourth-order valence-corrected chi connectivity index (χ4v) is 0. The number of hydrogen-bond acceptors (Lipinski definition) is 0. The van der Waals surface area contributed by atoms with E-state index in [-0.39, 0.29) is 0 Å². The SMILES string of the molecule is C[SiH](C)C(C)(F)F. The lowest BCUT2D eigenvalue weighted by atomic mass is 10.8. The number of rotatable bonds is 1. The van der Waals surface area contributed by atoms with Crippen molar-refractivity contribution in [3.05, 3.63) is 0 Å². The van der Waals surface area contributed by atoms with Crippen LogP contribution in [-0.4, -0.2) is 14.3 Å². The van der Waals surface area contributed by atoms with Crippen molar-refractivity contribution in [2.75, 3.05) is 0 Å². The molecule has 0 saturated heterocycles. The minimum atomic E-state index is -2.36. The summed E-state index contributed by atoms with van der Waals surface area (Å²) < 4.78 is 23.8. The molecule has 7 heavy (non-hydrogen) atoms. The second-order valence-corrected chi connectivity index (χ2v) is 5.43. The van der Waals surface area contributed by atoms with Gasteiger partial charge in [-0.05, 0) is 6.92 Å². The van der Waals surface area contributed by atoms with Crippen molar-refractivity contribution >= 4 is 8.80 Å². The summed E-state index contributed by atoms with van der Waals surface area (Å²) in [6, 6.07) is 0. The molecule has 0 aromatic rings. The smallest absolute Gasteiger partial charge is 0.213 e. The maximum absolute atomic E-state index is 11.9. The van der Waals surface area contributed by atoms with Crippen LogP contribution in [0.4, 0.5) is 8.78 Å². The van der Waals surface area contributed by atoms with E-state index in [0.29, 0.717) is 0 Å². The topological polar surface area (TPSA) is 0 Å². The van der Waals surface area contributed by atoms with Gasteiger partial charge in [0.25, 0.3) is 0 Å². The molecule has 0 aromatic carbocycles. The predicted octanol–water partition coefficient (Wildman–Crippen LogP) is 1.67. The fraction of sp³-hybridized carbons (Fsp3) is 1.00. The first-order valence-electron chi connectivity index (χ1n) is 2.32. The average molecular weight is 124 g/mol. The number of hydrogen-bond donors (Lipinski definition) is 0. The summed E-state index contributed by atoms with van der Waals surface area (Å²) in [5, 5.41) is 0. The lowest BCUT2D eigenvalue weighted by Gasteiger charge is -2.11. The molecule has 0 N–H and O–H groups in total. The standard InChI is InChI=1S/C4H10F2Si/c1-4(5,6)7(2)3/h7H,1-3H3. The molecule has 0 amide bonds. The van der Waals surface area contributed by atoms with Crippen LogP contribution in [0.25, 0.3) is 0 Å². The van der Waals surface area contributed by atoms with Gasteiger partial charge in [-0.3, -0.25) is 0 Å². The molecule has 0 fully saturated rings. The Morgan fingerprint density at radius 3 is 1.43 bits per heavy atom. The summed E-state index contributed by atoms with van der Waals surface area (Å²) in [7, 11) is -1.69. The third-order valence-corrected chi connectivity index (χ3v) is 3.04. The van der Waals surface area contributed by atoms with Crippen LogP contribution in [0.1, 0.15) is 6.92 Å². The Balaban J connectivity index is 3.54. The molecule has 44 valence electrons. The van der Waals surface area contributed by atoms with E-state index >= 15 is 0 Å². The third-order valence-electron chi connectivity index (χ3n) is 1.01. The summed E-state index contributed by atoms with van der Waals surface area (Å²) >= 11 is 0. The van der Waals surface area contributed by atoms with E-state index in [1.807, 2.05) is 0 Å². The zero-order valence-corrected chi connectivity index (χ0v) is 5.99. The van der Waals surface area contributed by atoms with Crippen molar-refractivity contribution in [3.8, 4) is 0 Å². The average Bonchev–Trinajstić information content (AvgIpc) is 1.31. The Labute approximate surface area is 44.1 Å². The van der Waals surface area contributed by atoms with Gasteiger partial charge < -0.3 is 0 Å². The van der Waals surface area contributed by atoms with E-state index < -0.39 is 14.3 Å². The Morgan fingerprint density at radius 1 is 1.29 bits per heavy atom. The molecule has 3 heteroatoms. The third kappa shape index (κ3) is 2.74. The van der Waals surface area contributed by atoms with Crippen LogP contribution in [-0.2, 0) is 0 Å². The molecule has 0 aliphatic heterocycles. The molecule has 0 unspecified atom stereocenters. The quantitative estimate of drug-likeness (QED) is 0.466. The summed E-state index contributed by atoms with van der Waals surface area (Å²) in [5.41, 5.74) is -2.36. The Morgan fingerprint density at radius 2 is 1.43 bits per heavy atom. The predicted molar refractivity (Wildman–Crippen MR) is 29.5 cm³/mol.